The average Bonchev–Trinajstić information content (AvgIpc) is 2.66. The third kappa shape index (κ3) is 4.97. The summed E-state index contributed by atoms with van der Waals surface area (Å²) in [6, 6.07) is 12.4. The maximum atomic E-state index is 12.1. The van der Waals surface area contributed by atoms with Crippen molar-refractivity contribution in [3.05, 3.63) is 53.6 Å². The molecule has 0 aliphatic carbocycles. The van der Waals surface area contributed by atoms with Crippen LogP contribution in [0.5, 0.6) is 11.5 Å². The van der Waals surface area contributed by atoms with Gasteiger partial charge in [-0.3, -0.25) is 9.59 Å². The van der Waals surface area contributed by atoms with Crippen molar-refractivity contribution in [3.8, 4) is 11.5 Å². The van der Waals surface area contributed by atoms with Crippen LogP contribution in [0.4, 0.5) is 5.69 Å². The Kier molecular flexibility index (Phi) is 6.39. The quantitative estimate of drug-likeness (QED) is 0.811. The van der Waals surface area contributed by atoms with E-state index in [2.05, 4.69) is 17.6 Å². The second-order valence-corrected chi connectivity index (χ2v) is 5.33. The lowest BCUT2D eigenvalue weighted by atomic mass is 10.1. The summed E-state index contributed by atoms with van der Waals surface area (Å²) in [4.78, 5) is 23.8. The summed E-state index contributed by atoms with van der Waals surface area (Å²) in [5, 5.41) is 5.26. The van der Waals surface area contributed by atoms with Gasteiger partial charge < -0.3 is 20.1 Å². The van der Waals surface area contributed by atoms with E-state index in [0.29, 0.717) is 22.7 Å². The predicted octanol–water partition coefficient (Wildman–Crippen LogP) is 2.63. The Labute approximate surface area is 147 Å². The number of nitrogens with one attached hydrogen (secondary N) is 2. The van der Waals surface area contributed by atoms with Crippen molar-refractivity contribution >= 4 is 17.5 Å². The van der Waals surface area contributed by atoms with Gasteiger partial charge in [-0.2, -0.15) is 0 Å². The monoisotopic (exact) mass is 342 g/mol. The number of carbonyl (C=O) groups is 2. The Bertz CT molecular complexity index is 759. The van der Waals surface area contributed by atoms with Crippen LogP contribution < -0.4 is 20.1 Å². The van der Waals surface area contributed by atoms with Crippen LogP contribution in [0, 0.1) is 0 Å². The Balaban J connectivity index is 2.01. The molecule has 0 aliphatic heterocycles. The molecule has 2 amide bonds. The molecule has 0 spiro atoms. The number of aryl methyl sites for hydroxylation is 1. The first-order valence-electron chi connectivity index (χ1n) is 7.99. The van der Waals surface area contributed by atoms with Crippen LogP contribution in [0.3, 0.4) is 0 Å². The van der Waals surface area contributed by atoms with Gasteiger partial charge in [0.2, 0.25) is 0 Å². The average molecular weight is 342 g/mol. The molecule has 2 N–H and O–H groups in total. The molecule has 2 rings (SSSR count). The molecule has 132 valence electrons. The molecule has 6 heteroatoms. The third-order valence-electron chi connectivity index (χ3n) is 3.64. The topological polar surface area (TPSA) is 76.7 Å². The van der Waals surface area contributed by atoms with Crippen LogP contribution in [0.1, 0.15) is 22.8 Å². The molecule has 0 aromatic heterocycles. The smallest absolute Gasteiger partial charge is 0.262 e. The van der Waals surface area contributed by atoms with Gasteiger partial charge in [-0.1, -0.05) is 19.1 Å². The second-order valence-electron chi connectivity index (χ2n) is 5.33. The van der Waals surface area contributed by atoms with Gasteiger partial charge in [0, 0.05) is 12.6 Å². The van der Waals surface area contributed by atoms with Gasteiger partial charge in [0.05, 0.1) is 12.8 Å². The lowest BCUT2D eigenvalue weighted by molar-refractivity contribution is -0.118. The van der Waals surface area contributed by atoms with E-state index in [0.717, 1.165) is 12.0 Å². The Morgan fingerprint density at radius 1 is 1.12 bits per heavy atom. The number of carbonyl (C=O) groups excluding carboxylic acids is 2. The molecule has 0 bridgehead atoms. The molecule has 0 aliphatic rings. The first-order valence-corrected chi connectivity index (χ1v) is 7.99. The van der Waals surface area contributed by atoms with Gasteiger partial charge in [-0.15, -0.1) is 0 Å². The lowest BCUT2D eigenvalue weighted by Gasteiger charge is -2.12. The first kappa shape index (κ1) is 18.3. The van der Waals surface area contributed by atoms with Crippen molar-refractivity contribution in [1.82, 2.24) is 5.32 Å². The van der Waals surface area contributed by atoms with E-state index in [1.54, 1.807) is 25.2 Å². The van der Waals surface area contributed by atoms with Crippen LogP contribution in [-0.4, -0.2) is 32.6 Å². The zero-order chi connectivity index (χ0) is 18.2. The zero-order valence-corrected chi connectivity index (χ0v) is 14.6. The molecule has 0 heterocycles. The molecule has 0 unspecified atom stereocenters. The van der Waals surface area contributed by atoms with E-state index in [1.807, 2.05) is 24.3 Å². The van der Waals surface area contributed by atoms with Crippen LogP contribution in [0.2, 0.25) is 0 Å². The fourth-order valence-electron chi connectivity index (χ4n) is 2.27. The summed E-state index contributed by atoms with van der Waals surface area (Å²) >= 11 is 0. The van der Waals surface area contributed by atoms with Crippen molar-refractivity contribution in [2.45, 2.75) is 13.3 Å². The van der Waals surface area contributed by atoms with E-state index in [4.69, 9.17) is 9.47 Å². The number of rotatable bonds is 7. The molecule has 0 saturated heterocycles. The number of amides is 2. The lowest BCUT2D eigenvalue weighted by Crippen LogP contribution is -2.21. The molecule has 25 heavy (non-hydrogen) atoms. The van der Waals surface area contributed by atoms with Crippen molar-refractivity contribution in [3.63, 3.8) is 0 Å². The molecular weight excluding hydrogens is 320 g/mol. The molecule has 0 atom stereocenters. The summed E-state index contributed by atoms with van der Waals surface area (Å²) in [7, 11) is 3.03. The van der Waals surface area contributed by atoms with E-state index >= 15 is 0 Å². The van der Waals surface area contributed by atoms with Gasteiger partial charge in [-0.25, -0.2) is 0 Å². The predicted molar refractivity (Wildman–Crippen MR) is 96.3 cm³/mol. The summed E-state index contributed by atoms with van der Waals surface area (Å²) in [6.45, 7) is 1.94. The van der Waals surface area contributed by atoms with E-state index in [1.165, 1.54) is 7.11 Å². The number of benzene rings is 2. The molecule has 0 radical (unpaired) electrons. The molecule has 0 saturated carbocycles. The Hall–Kier alpha value is -3.02. The number of anilines is 1. The fourth-order valence-corrected chi connectivity index (χ4v) is 2.27. The van der Waals surface area contributed by atoms with Gasteiger partial charge in [-0.05, 0) is 42.3 Å². The second kappa shape index (κ2) is 8.73. The normalized spacial score (nSPS) is 10.0. The highest BCUT2D eigenvalue weighted by molar-refractivity contribution is 5.97. The minimum absolute atomic E-state index is 0.118. The highest BCUT2D eigenvalue weighted by atomic mass is 16.5. The minimum atomic E-state index is -0.312. The van der Waals surface area contributed by atoms with Crippen LogP contribution >= 0.6 is 0 Å². The molecular formula is C19H22N2O4. The molecule has 0 fully saturated rings. The highest BCUT2D eigenvalue weighted by Gasteiger charge is 2.12. The fraction of sp³-hybridized carbons (Fsp3) is 0.263. The number of hydrogen-bond acceptors (Lipinski definition) is 4. The van der Waals surface area contributed by atoms with Gasteiger partial charge >= 0.3 is 0 Å². The van der Waals surface area contributed by atoms with Gasteiger partial charge in [0.25, 0.3) is 11.8 Å². The summed E-state index contributed by atoms with van der Waals surface area (Å²) in [6.07, 6.45) is 0.901. The van der Waals surface area contributed by atoms with E-state index in [-0.39, 0.29) is 18.4 Å². The SMILES string of the molecule is CCc1cccc(OCC(=O)Nc2ccc(C(=O)NC)cc2OC)c1. The van der Waals surface area contributed by atoms with Crippen LogP contribution in [-0.2, 0) is 11.2 Å². The summed E-state index contributed by atoms with van der Waals surface area (Å²) < 4.78 is 10.8. The first-order chi connectivity index (χ1) is 12.1. The summed E-state index contributed by atoms with van der Waals surface area (Å²) in [5.41, 5.74) is 2.07. The summed E-state index contributed by atoms with van der Waals surface area (Å²) in [5.74, 6) is 0.516. The van der Waals surface area contributed by atoms with Crippen molar-refractivity contribution in [2.24, 2.45) is 0 Å². The number of hydrogen-bond donors (Lipinski definition) is 2. The van der Waals surface area contributed by atoms with E-state index in [9.17, 15) is 9.59 Å². The van der Waals surface area contributed by atoms with Crippen molar-refractivity contribution < 1.29 is 19.1 Å². The highest BCUT2D eigenvalue weighted by Crippen LogP contribution is 2.25. The molecule has 2 aromatic carbocycles. The Morgan fingerprint density at radius 2 is 1.92 bits per heavy atom. The van der Waals surface area contributed by atoms with E-state index < -0.39 is 0 Å². The minimum Gasteiger partial charge on any atom is -0.495 e. The standard InChI is InChI=1S/C19H22N2O4/c1-4-13-6-5-7-15(10-13)25-12-18(22)21-16-9-8-14(19(23)20-2)11-17(16)24-3/h5-11H,4,12H2,1-3H3,(H,20,23)(H,21,22). The van der Waals surface area contributed by atoms with Crippen LogP contribution in [0.15, 0.2) is 42.5 Å². The largest absolute Gasteiger partial charge is 0.495 e. The number of methoxy groups -OCH3 is 1. The maximum Gasteiger partial charge on any atom is 0.262 e. The molecule has 2 aromatic rings. The van der Waals surface area contributed by atoms with Gasteiger partial charge in [0.15, 0.2) is 6.61 Å². The van der Waals surface area contributed by atoms with Crippen molar-refractivity contribution in [2.75, 3.05) is 26.1 Å². The molecule has 6 nitrogen and oxygen atoms in total. The number of ether oxygens (including phenoxy) is 2. The van der Waals surface area contributed by atoms with Crippen LogP contribution in [0.25, 0.3) is 0 Å². The van der Waals surface area contributed by atoms with Crippen molar-refractivity contribution in [1.29, 1.82) is 0 Å². The zero-order valence-electron chi connectivity index (χ0n) is 14.6. The third-order valence-corrected chi connectivity index (χ3v) is 3.64. The Morgan fingerprint density at radius 3 is 2.60 bits per heavy atom. The van der Waals surface area contributed by atoms with Gasteiger partial charge in [0.1, 0.15) is 11.5 Å². The maximum absolute atomic E-state index is 12.1.